The van der Waals surface area contributed by atoms with E-state index in [0.29, 0.717) is 6.07 Å². The summed E-state index contributed by atoms with van der Waals surface area (Å²) in [6, 6.07) is 4.83. The number of hydrogen-bond donors (Lipinski definition) is 1. The van der Waals surface area contributed by atoms with E-state index in [1.165, 1.54) is 18.2 Å². The highest BCUT2D eigenvalue weighted by Gasteiger charge is 2.33. The summed E-state index contributed by atoms with van der Waals surface area (Å²) in [5.41, 5.74) is 4.01. The predicted molar refractivity (Wildman–Crippen MR) is 68.0 cm³/mol. The topological polar surface area (TPSA) is 61.0 Å². The van der Waals surface area contributed by atoms with Crippen LogP contribution in [0.15, 0.2) is 24.3 Å². The van der Waals surface area contributed by atoms with E-state index in [9.17, 15) is 13.2 Å². The lowest BCUT2D eigenvalue weighted by Gasteiger charge is -2.10. The van der Waals surface area contributed by atoms with Gasteiger partial charge in [0.05, 0.1) is 0 Å². The van der Waals surface area contributed by atoms with Crippen LogP contribution in [0.1, 0.15) is 5.69 Å². The number of hydrogen-bond acceptors (Lipinski definition) is 4. The molecule has 0 bridgehead atoms. The van der Waals surface area contributed by atoms with Crippen molar-refractivity contribution in [2.45, 2.75) is 6.18 Å². The van der Waals surface area contributed by atoms with Crippen LogP contribution in [0.3, 0.4) is 0 Å². The van der Waals surface area contributed by atoms with Crippen molar-refractivity contribution < 1.29 is 17.9 Å². The lowest BCUT2D eigenvalue weighted by atomic mass is 10.3. The van der Waals surface area contributed by atoms with Gasteiger partial charge in [-0.2, -0.15) is 18.2 Å². The number of ether oxygens (including phenoxy) is 1. The van der Waals surface area contributed by atoms with Crippen molar-refractivity contribution in [2.24, 2.45) is 0 Å². The lowest BCUT2D eigenvalue weighted by molar-refractivity contribution is -0.141. The molecule has 2 aromatic rings. The molecular weight excluding hydrogens is 318 g/mol. The van der Waals surface area contributed by atoms with Crippen molar-refractivity contribution in [3.8, 4) is 11.6 Å². The third-order valence-electron chi connectivity index (χ3n) is 2.07. The zero-order valence-electron chi connectivity index (χ0n) is 9.58. The van der Waals surface area contributed by atoms with E-state index in [2.05, 4.69) is 9.97 Å². The Morgan fingerprint density at radius 1 is 1.00 bits per heavy atom. The highest BCUT2D eigenvalue weighted by Crippen LogP contribution is 2.32. The predicted octanol–water partition coefficient (Wildman–Crippen LogP) is 4.18. The smallest absolute Gasteiger partial charge is 0.433 e. The molecule has 0 unspecified atom stereocenters. The molecule has 0 aliphatic carbocycles. The van der Waals surface area contributed by atoms with Crippen LogP contribution in [-0.2, 0) is 6.18 Å². The summed E-state index contributed by atoms with van der Waals surface area (Å²) in [5.74, 6) is -0.778. The second-order valence-corrected chi connectivity index (χ2v) is 4.53. The van der Waals surface area contributed by atoms with Gasteiger partial charge in [0.2, 0.25) is 11.8 Å². The van der Waals surface area contributed by atoms with E-state index in [1.807, 2.05) is 0 Å². The summed E-state index contributed by atoms with van der Waals surface area (Å²) in [4.78, 5) is 6.65. The van der Waals surface area contributed by atoms with Gasteiger partial charge in [-0.25, -0.2) is 4.98 Å². The molecule has 20 heavy (non-hydrogen) atoms. The molecule has 4 nitrogen and oxygen atoms in total. The van der Waals surface area contributed by atoms with Crippen LogP contribution in [0.2, 0.25) is 10.0 Å². The first-order valence-electron chi connectivity index (χ1n) is 5.10. The number of nitrogens with zero attached hydrogens (tertiary/aromatic N) is 2. The van der Waals surface area contributed by atoms with E-state index >= 15 is 0 Å². The first-order chi connectivity index (χ1) is 9.24. The third kappa shape index (κ3) is 3.64. The van der Waals surface area contributed by atoms with Gasteiger partial charge in [-0.05, 0) is 18.2 Å². The summed E-state index contributed by atoms with van der Waals surface area (Å²) in [7, 11) is 0. The maximum atomic E-state index is 12.6. The van der Waals surface area contributed by atoms with Gasteiger partial charge in [0.25, 0.3) is 0 Å². The number of halogens is 5. The average molecular weight is 324 g/mol. The quantitative estimate of drug-likeness (QED) is 0.900. The number of benzene rings is 1. The molecule has 1 heterocycles. The van der Waals surface area contributed by atoms with Crippen LogP contribution < -0.4 is 10.5 Å². The highest BCUT2D eigenvalue weighted by atomic mass is 35.5. The summed E-state index contributed by atoms with van der Waals surface area (Å²) < 4.78 is 42.9. The van der Waals surface area contributed by atoms with Crippen molar-refractivity contribution in [1.29, 1.82) is 0 Å². The molecule has 106 valence electrons. The number of nitrogen functional groups attached to an aromatic ring is 1. The fourth-order valence-corrected chi connectivity index (χ4v) is 1.85. The monoisotopic (exact) mass is 323 g/mol. The Morgan fingerprint density at radius 2 is 1.60 bits per heavy atom. The summed E-state index contributed by atoms with van der Waals surface area (Å²) >= 11 is 11.5. The minimum atomic E-state index is -4.65. The van der Waals surface area contributed by atoms with Crippen molar-refractivity contribution in [2.75, 3.05) is 5.73 Å². The zero-order valence-corrected chi connectivity index (χ0v) is 11.1. The molecular formula is C11H6Cl2F3N3O. The first kappa shape index (κ1) is 14.7. The van der Waals surface area contributed by atoms with Crippen LogP contribution in [0.5, 0.6) is 11.6 Å². The molecule has 0 spiro atoms. The van der Waals surface area contributed by atoms with Gasteiger partial charge in [-0.15, -0.1) is 0 Å². The minimum Gasteiger partial charge on any atom is -0.439 e. The molecule has 1 aromatic carbocycles. The van der Waals surface area contributed by atoms with E-state index in [4.69, 9.17) is 33.7 Å². The Morgan fingerprint density at radius 3 is 2.15 bits per heavy atom. The first-order valence-corrected chi connectivity index (χ1v) is 5.85. The number of rotatable bonds is 2. The Labute approximate surface area is 121 Å². The third-order valence-corrected chi connectivity index (χ3v) is 2.51. The minimum absolute atomic E-state index is 0.133. The van der Waals surface area contributed by atoms with Gasteiger partial charge in [-0.3, -0.25) is 0 Å². The van der Waals surface area contributed by atoms with Gasteiger partial charge in [0, 0.05) is 16.1 Å². The molecule has 0 fully saturated rings. The molecule has 0 atom stereocenters. The SMILES string of the molecule is Nc1nc(Oc2cc(Cl)cc(Cl)c2)cc(C(F)(F)F)n1. The average Bonchev–Trinajstić information content (AvgIpc) is 2.25. The van der Waals surface area contributed by atoms with Crippen LogP contribution in [-0.4, -0.2) is 9.97 Å². The Kier molecular flexibility index (Phi) is 3.92. The van der Waals surface area contributed by atoms with E-state index in [-0.39, 0.29) is 21.7 Å². The molecule has 0 amide bonds. The highest BCUT2D eigenvalue weighted by molar-refractivity contribution is 6.34. The molecule has 1 aromatic heterocycles. The molecule has 2 rings (SSSR count). The van der Waals surface area contributed by atoms with E-state index in [1.54, 1.807) is 0 Å². The van der Waals surface area contributed by atoms with Crippen molar-refractivity contribution in [3.63, 3.8) is 0 Å². The maximum absolute atomic E-state index is 12.6. The number of aromatic nitrogens is 2. The standard InChI is InChI=1S/C11H6Cl2F3N3O/c12-5-1-6(13)3-7(2-5)20-9-4-8(11(14,15)16)18-10(17)19-9/h1-4H,(H2,17,18,19). The fraction of sp³-hybridized carbons (Fsp3) is 0.0909. The Hall–Kier alpha value is -1.73. The second-order valence-electron chi connectivity index (χ2n) is 3.65. The largest absolute Gasteiger partial charge is 0.439 e. The molecule has 2 N–H and O–H groups in total. The molecule has 0 radical (unpaired) electrons. The zero-order chi connectivity index (χ0) is 14.9. The Balaban J connectivity index is 2.36. The van der Waals surface area contributed by atoms with Gasteiger partial charge >= 0.3 is 6.18 Å². The van der Waals surface area contributed by atoms with Crippen molar-refractivity contribution in [1.82, 2.24) is 9.97 Å². The van der Waals surface area contributed by atoms with E-state index < -0.39 is 17.8 Å². The van der Waals surface area contributed by atoms with Crippen LogP contribution in [0, 0.1) is 0 Å². The van der Waals surface area contributed by atoms with Crippen molar-refractivity contribution in [3.05, 3.63) is 40.0 Å². The van der Waals surface area contributed by atoms with Crippen molar-refractivity contribution >= 4 is 29.2 Å². The van der Waals surface area contributed by atoms with Gasteiger partial charge in [0.15, 0.2) is 5.69 Å². The fourth-order valence-electron chi connectivity index (χ4n) is 1.35. The van der Waals surface area contributed by atoms with E-state index in [0.717, 1.165) is 0 Å². The molecule has 0 aliphatic heterocycles. The van der Waals surface area contributed by atoms with Gasteiger partial charge < -0.3 is 10.5 Å². The summed E-state index contributed by atoms with van der Waals surface area (Å²) in [6.45, 7) is 0. The molecule has 0 saturated heterocycles. The number of anilines is 1. The molecule has 0 aliphatic rings. The number of nitrogens with two attached hydrogens (primary N) is 1. The Bertz CT molecular complexity index is 629. The lowest BCUT2D eigenvalue weighted by Crippen LogP contribution is -2.11. The molecule has 9 heteroatoms. The molecule has 0 saturated carbocycles. The van der Waals surface area contributed by atoms with Gasteiger partial charge in [0.1, 0.15) is 5.75 Å². The normalized spacial score (nSPS) is 11.4. The van der Waals surface area contributed by atoms with Crippen LogP contribution in [0.25, 0.3) is 0 Å². The maximum Gasteiger partial charge on any atom is 0.433 e. The van der Waals surface area contributed by atoms with Gasteiger partial charge in [-0.1, -0.05) is 23.2 Å². The van der Waals surface area contributed by atoms with Crippen LogP contribution in [0.4, 0.5) is 19.1 Å². The summed E-state index contributed by atoms with van der Waals surface area (Å²) in [5, 5.41) is 0.538. The number of alkyl halides is 3. The van der Waals surface area contributed by atoms with Crippen LogP contribution >= 0.6 is 23.2 Å². The summed E-state index contributed by atoms with van der Waals surface area (Å²) in [6.07, 6.45) is -4.65. The second kappa shape index (κ2) is 5.34.